The van der Waals surface area contributed by atoms with Gasteiger partial charge in [0.05, 0.1) is 12.7 Å². The van der Waals surface area contributed by atoms with Crippen LogP contribution >= 0.6 is 0 Å². The number of hydrogen-bond donors (Lipinski definition) is 1. The van der Waals surface area contributed by atoms with E-state index >= 15 is 0 Å². The predicted molar refractivity (Wildman–Crippen MR) is 77.8 cm³/mol. The molecule has 1 fully saturated rings. The molecule has 0 aromatic heterocycles. The average Bonchev–Trinajstić information content (AvgIpc) is 2.39. The predicted octanol–water partition coefficient (Wildman–Crippen LogP) is 2.78. The monoisotopic (exact) mass is 256 g/mol. The van der Waals surface area contributed by atoms with Crippen LogP contribution < -0.4 is 5.73 Å². The summed E-state index contributed by atoms with van der Waals surface area (Å²) in [4.78, 5) is 2.61. The molecule has 0 saturated carbocycles. The third kappa shape index (κ3) is 4.87. The smallest absolute Gasteiger partial charge is 0.0674 e. The highest BCUT2D eigenvalue weighted by Gasteiger charge is 2.30. The minimum atomic E-state index is 0.359. The standard InChI is InChI=1S/C15H32N2O/c1-4-6-7-8-9-15(10-16)17-11-13(3)18-12-14(17)5-2/h13-15H,4-12,16H2,1-3H3. The first kappa shape index (κ1) is 15.9. The molecular weight excluding hydrogens is 224 g/mol. The maximum Gasteiger partial charge on any atom is 0.0674 e. The molecule has 0 amide bonds. The molecule has 0 spiro atoms. The Morgan fingerprint density at radius 2 is 2.06 bits per heavy atom. The molecule has 18 heavy (non-hydrogen) atoms. The molecule has 0 radical (unpaired) electrons. The van der Waals surface area contributed by atoms with E-state index in [1.807, 2.05) is 0 Å². The summed E-state index contributed by atoms with van der Waals surface area (Å²) < 4.78 is 5.77. The summed E-state index contributed by atoms with van der Waals surface area (Å²) in [5.74, 6) is 0. The van der Waals surface area contributed by atoms with Crippen LogP contribution in [0, 0.1) is 0 Å². The first-order chi connectivity index (χ1) is 8.72. The molecule has 1 rings (SSSR count). The lowest BCUT2D eigenvalue weighted by Gasteiger charge is -2.43. The van der Waals surface area contributed by atoms with E-state index in [2.05, 4.69) is 25.7 Å². The van der Waals surface area contributed by atoms with E-state index in [-0.39, 0.29) is 0 Å². The Morgan fingerprint density at radius 1 is 1.28 bits per heavy atom. The lowest BCUT2D eigenvalue weighted by atomic mass is 10.0. The Balaban J connectivity index is 2.44. The van der Waals surface area contributed by atoms with Crippen LogP contribution in [0.15, 0.2) is 0 Å². The lowest BCUT2D eigenvalue weighted by Crippen LogP contribution is -2.55. The van der Waals surface area contributed by atoms with E-state index in [1.165, 1.54) is 32.1 Å². The molecule has 1 heterocycles. The van der Waals surface area contributed by atoms with Crippen LogP contribution in [0.25, 0.3) is 0 Å². The van der Waals surface area contributed by atoms with Gasteiger partial charge >= 0.3 is 0 Å². The van der Waals surface area contributed by atoms with Gasteiger partial charge in [-0.25, -0.2) is 0 Å². The number of nitrogens with zero attached hydrogens (tertiary/aromatic N) is 1. The number of nitrogens with two attached hydrogens (primary N) is 1. The summed E-state index contributed by atoms with van der Waals surface area (Å²) in [5, 5.41) is 0. The Morgan fingerprint density at radius 3 is 2.67 bits per heavy atom. The van der Waals surface area contributed by atoms with Gasteiger partial charge in [0.2, 0.25) is 0 Å². The van der Waals surface area contributed by atoms with E-state index in [1.54, 1.807) is 0 Å². The van der Waals surface area contributed by atoms with Crippen molar-refractivity contribution in [3.8, 4) is 0 Å². The van der Waals surface area contributed by atoms with Crippen LogP contribution in [-0.4, -0.2) is 42.8 Å². The van der Waals surface area contributed by atoms with Crippen molar-refractivity contribution in [3.63, 3.8) is 0 Å². The van der Waals surface area contributed by atoms with Gasteiger partial charge in [-0.2, -0.15) is 0 Å². The fraction of sp³-hybridized carbons (Fsp3) is 1.00. The minimum absolute atomic E-state index is 0.359. The normalized spacial score (nSPS) is 27.3. The Hall–Kier alpha value is -0.120. The van der Waals surface area contributed by atoms with Gasteiger partial charge in [0.15, 0.2) is 0 Å². The fourth-order valence-corrected chi connectivity index (χ4v) is 2.90. The van der Waals surface area contributed by atoms with Crippen molar-refractivity contribution in [2.45, 2.75) is 77.5 Å². The van der Waals surface area contributed by atoms with Crippen LogP contribution in [0.3, 0.4) is 0 Å². The highest BCUT2D eigenvalue weighted by Crippen LogP contribution is 2.20. The van der Waals surface area contributed by atoms with Crippen molar-refractivity contribution in [1.82, 2.24) is 4.90 Å². The first-order valence-corrected chi connectivity index (χ1v) is 7.80. The Labute approximate surface area is 113 Å². The molecule has 0 aliphatic carbocycles. The number of rotatable bonds is 8. The van der Waals surface area contributed by atoms with E-state index in [0.29, 0.717) is 18.2 Å². The van der Waals surface area contributed by atoms with Crippen molar-refractivity contribution in [2.75, 3.05) is 19.7 Å². The van der Waals surface area contributed by atoms with E-state index in [4.69, 9.17) is 10.5 Å². The summed E-state index contributed by atoms with van der Waals surface area (Å²) in [7, 11) is 0. The molecule has 3 nitrogen and oxygen atoms in total. The maximum absolute atomic E-state index is 6.00. The van der Waals surface area contributed by atoms with Gasteiger partial charge in [0.1, 0.15) is 0 Å². The van der Waals surface area contributed by atoms with Gasteiger partial charge in [-0.05, 0) is 19.8 Å². The van der Waals surface area contributed by atoms with Crippen molar-refractivity contribution in [2.24, 2.45) is 5.73 Å². The second kappa shape index (κ2) is 8.89. The zero-order valence-electron chi connectivity index (χ0n) is 12.5. The van der Waals surface area contributed by atoms with E-state index in [9.17, 15) is 0 Å². The van der Waals surface area contributed by atoms with E-state index in [0.717, 1.165) is 26.1 Å². The van der Waals surface area contributed by atoms with Gasteiger partial charge in [-0.3, -0.25) is 4.90 Å². The van der Waals surface area contributed by atoms with Crippen LogP contribution in [0.4, 0.5) is 0 Å². The number of hydrogen-bond acceptors (Lipinski definition) is 3. The van der Waals surface area contributed by atoms with Crippen molar-refractivity contribution < 1.29 is 4.74 Å². The maximum atomic E-state index is 6.00. The third-order valence-electron chi connectivity index (χ3n) is 4.11. The topological polar surface area (TPSA) is 38.5 Å². The lowest BCUT2D eigenvalue weighted by molar-refractivity contribution is -0.0724. The van der Waals surface area contributed by atoms with Crippen LogP contribution in [0.2, 0.25) is 0 Å². The third-order valence-corrected chi connectivity index (χ3v) is 4.11. The van der Waals surface area contributed by atoms with Gasteiger partial charge in [-0.1, -0.05) is 39.5 Å². The largest absolute Gasteiger partial charge is 0.376 e. The minimum Gasteiger partial charge on any atom is -0.376 e. The molecule has 3 unspecified atom stereocenters. The quantitative estimate of drug-likeness (QED) is 0.679. The van der Waals surface area contributed by atoms with Crippen LogP contribution in [0.1, 0.15) is 59.3 Å². The second-order valence-electron chi connectivity index (χ2n) is 5.64. The van der Waals surface area contributed by atoms with Gasteiger partial charge in [-0.15, -0.1) is 0 Å². The molecular formula is C15H32N2O. The van der Waals surface area contributed by atoms with Crippen LogP contribution in [0.5, 0.6) is 0 Å². The van der Waals surface area contributed by atoms with Crippen molar-refractivity contribution >= 4 is 0 Å². The number of ether oxygens (including phenoxy) is 1. The molecule has 1 saturated heterocycles. The van der Waals surface area contributed by atoms with Crippen molar-refractivity contribution in [3.05, 3.63) is 0 Å². The molecule has 3 atom stereocenters. The summed E-state index contributed by atoms with van der Waals surface area (Å²) in [5.41, 5.74) is 6.00. The number of unbranched alkanes of at least 4 members (excludes halogenated alkanes) is 3. The zero-order valence-corrected chi connectivity index (χ0v) is 12.5. The molecule has 0 aromatic carbocycles. The second-order valence-corrected chi connectivity index (χ2v) is 5.64. The molecule has 0 aromatic rings. The molecule has 2 N–H and O–H groups in total. The average molecular weight is 256 g/mol. The summed E-state index contributed by atoms with van der Waals surface area (Å²) >= 11 is 0. The summed E-state index contributed by atoms with van der Waals surface area (Å²) in [6.45, 7) is 9.40. The highest BCUT2D eigenvalue weighted by molar-refractivity contribution is 4.84. The fourth-order valence-electron chi connectivity index (χ4n) is 2.90. The molecule has 1 aliphatic rings. The molecule has 108 valence electrons. The molecule has 3 heteroatoms. The Kier molecular flexibility index (Phi) is 7.87. The van der Waals surface area contributed by atoms with Gasteiger partial charge in [0, 0.05) is 25.2 Å². The molecule has 0 bridgehead atoms. The Bertz CT molecular complexity index is 211. The van der Waals surface area contributed by atoms with E-state index < -0.39 is 0 Å². The van der Waals surface area contributed by atoms with Crippen molar-refractivity contribution in [1.29, 1.82) is 0 Å². The first-order valence-electron chi connectivity index (χ1n) is 7.80. The zero-order chi connectivity index (χ0) is 13.4. The highest BCUT2D eigenvalue weighted by atomic mass is 16.5. The summed E-state index contributed by atoms with van der Waals surface area (Å²) in [6, 6.07) is 1.12. The van der Waals surface area contributed by atoms with Crippen LogP contribution in [-0.2, 0) is 4.74 Å². The number of morpholine rings is 1. The van der Waals surface area contributed by atoms with Gasteiger partial charge in [0.25, 0.3) is 0 Å². The SMILES string of the molecule is CCCCCCC(CN)N1CC(C)OCC1CC. The summed E-state index contributed by atoms with van der Waals surface area (Å²) in [6.07, 6.45) is 8.10. The van der Waals surface area contributed by atoms with Gasteiger partial charge < -0.3 is 10.5 Å². The molecule has 1 aliphatic heterocycles.